The van der Waals surface area contributed by atoms with Gasteiger partial charge in [-0.2, -0.15) is 23.4 Å². The van der Waals surface area contributed by atoms with Crippen LogP contribution < -0.4 is 15.4 Å². The number of anilines is 2. The van der Waals surface area contributed by atoms with Crippen LogP contribution in [0.15, 0.2) is 42.9 Å². The predicted octanol–water partition coefficient (Wildman–Crippen LogP) is 4.80. The number of methoxy groups -OCH3 is 1. The van der Waals surface area contributed by atoms with Gasteiger partial charge >= 0.3 is 6.18 Å². The first-order valence-corrected chi connectivity index (χ1v) is 10.7. The molecule has 0 unspecified atom stereocenters. The number of hydrogen-bond donors (Lipinski definition) is 2. The molecule has 4 rings (SSSR count). The van der Waals surface area contributed by atoms with Crippen molar-refractivity contribution in [1.82, 2.24) is 19.6 Å². The maximum absolute atomic E-state index is 13.9. The minimum absolute atomic E-state index is 0.00959. The van der Waals surface area contributed by atoms with Crippen molar-refractivity contribution in [3.63, 3.8) is 0 Å². The molecule has 11 heteroatoms. The van der Waals surface area contributed by atoms with Crippen LogP contribution in [-0.2, 0) is 6.54 Å². The Bertz CT molecular complexity index is 1120. The number of benzene rings is 1. The molecule has 0 bridgehead atoms. The second kappa shape index (κ2) is 9.16. The summed E-state index contributed by atoms with van der Waals surface area (Å²) in [5.74, 6) is -0.0925. The van der Waals surface area contributed by atoms with Crippen LogP contribution in [0, 0.1) is 0 Å². The van der Waals surface area contributed by atoms with Crippen molar-refractivity contribution in [2.24, 2.45) is 0 Å². The number of aryl methyl sites for hydroxylation is 1. The van der Waals surface area contributed by atoms with Crippen LogP contribution in [-0.4, -0.2) is 38.8 Å². The van der Waals surface area contributed by atoms with E-state index < -0.39 is 24.2 Å². The minimum Gasteiger partial charge on any atom is -0.496 e. The molecular formula is C22H25F3N6O2. The quantitative estimate of drug-likeness (QED) is 0.527. The zero-order valence-corrected chi connectivity index (χ0v) is 18.3. The third-order valence-electron chi connectivity index (χ3n) is 5.63. The van der Waals surface area contributed by atoms with E-state index in [1.165, 1.54) is 13.3 Å². The Kier molecular flexibility index (Phi) is 6.30. The van der Waals surface area contributed by atoms with Crippen molar-refractivity contribution < 1.29 is 22.7 Å². The second-order valence-electron chi connectivity index (χ2n) is 7.88. The highest BCUT2D eigenvalue weighted by atomic mass is 19.4. The molecule has 176 valence electrons. The number of nitrogens with zero attached hydrogens (tertiary/aromatic N) is 4. The van der Waals surface area contributed by atoms with Gasteiger partial charge in [0.1, 0.15) is 17.1 Å². The molecule has 1 aromatic carbocycles. The van der Waals surface area contributed by atoms with E-state index in [9.17, 15) is 18.0 Å². The van der Waals surface area contributed by atoms with Crippen LogP contribution in [0.1, 0.15) is 54.2 Å². The summed E-state index contributed by atoms with van der Waals surface area (Å²) in [5.41, 5.74) is 1.05. The van der Waals surface area contributed by atoms with Crippen molar-refractivity contribution in [2.45, 2.75) is 51.0 Å². The number of rotatable bonds is 7. The highest BCUT2D eigenvalue weighted by Crippen LogP contribution is 2.45. The third-order valence-corrected chi connectivity index (χ3v) is 5.63. The normalized spacial score (nSPS) is 17.8. The highest BCUT2D eigenvalue weighted by Gasteiger charge is 2.47. The van der Waals surface area contributed by atoms with Crippen LogP contribution in [0.25, 0.3) is 0 Å². The van der Waals surface area contributed by atoms with Crippen LogP contribution in [0.4, 0.5) is 24.7 Å². The lowest BCUT2D eigenvalue weighted by Gasteiger charge is -2.34. The van der Waals surface area contributed by atoms with E-state index in [-0.39, 0.29) is 17.8 Å². The van der Waals surface area contributed by atoms with Gasteiger partial charge in [-0.05, 0) is 12.5 Å². The summed E-state index contributed by atoms with van der Waals surface area (Å²) in [4.78, 5) is 12.9. The number of halogens is 3. The molecule has 2 atom stereocenters. The number of ether oxygens (including phenoxy) is 1. The van der Waals surface area contributed by atoms with Crippen LogP contribution in [0.5, 0.6) is 5.75 Å². The van der Waals surface area contributed by atoms with Crippen molar-refractivity contribution in [1.29, 1.82) is 0 Å². The molecule has 0 aliphatic carbocycles. The van der Waals surface area contributed by atoms with Crippen molar-refractivity contribution in [3.8, 4) is 5.75 Å². The molecule has 1 aliphatic heterocycles. The molecular weight excluding hydrogens is 437 g/mol. The summed E-state index contributed by atoms with van der Waals surface area (Å²) in [6, 6.07) is 4.27. The number of unbranched alkanes of at least 4 members (excludes halogenated alkanes) is 1. The molecule has 0 saturated heterocycles. The average Bonchev–Trinajstić information content (AvgIpc) is 3.43. The van der Waals surface area contributed by atoms with E-state index in [4.69, 9.17) is 4.74 Å². The molecule has 33 heavy (non-hydrogen) atoms. The molecule has 0 saturated carbocycles. The predicted molar refractivity (Wildman–Crippen MR) is 116 cm³/mol. The maximum Gasteiger partial charge on any atom is 0.410 e. The monoisotopic (exact) mass is 462 g/mol. The van der Waals surface area contributed by atoms with Gasteiger partial charge in [0.25, 0.3) is 5.91 Å². The zero-order chi connectivity index (χ0) is 23.6. The van der Waals surface area contributed by atoms with Gasteiger partial charge in [0.15, 0.2) is 6.04 Å². The van der Waals surface area contributed by atoms with Gasteiger partial charge in [0, 0.05) is 24.7 Å². The fourth-order valence-corrected chi connectivity index (χ4v) is 3.96. The Morgan fingerprint density at radius 2 is 2.06 bits per heavy atom. The largest absolute Gasteiger partial charge is 0.496 e. The second-order valence-corrected chi connectivity index (χ2v) is 7.88. The van der Waals surface area contributed by atoms with E-state index in [1.54, 1.807) is 35.1 Å². The maximum atomic E-state index is 13.9. The number of hydrogen-bond acceptors (Lipinski definition) is 5. The molecule has 8 nitrogen and oxygen atoms in total. The number of amides is 1. The molecule has 3 aromatic rings. The molecule has 2 N–H and O–H groups in total. The van der Waals surface area contributed by atoms with E-state index in [0.29, 0.717) is 23.5 Å². The Morgan fingerprint density at radius 1 is 1.27 bits per heavy atom. The van der Waals surface area contributed by atoms with E-state index in [1.807, 2.05) is 0 Å². The van der Waals surface area contributed by atoms with Gasteiger partial charge in [-0.25, -0.2) is 4.68 Å². The molecule has 2 aromatic heterocycles. The van der Waals surface area contributed by atoms with Gasteiger partial charge in [0.05, 0.1) is 31.2 Å². The molecule has 1 amide bonds. The van der Waals surface area contributed by atoms with Crippen LogP contribution >= 0.6 is 0 Å². The zero-order valence-electron chi connectivity index (χ0n) is 18.3. The van der Waals surface area contributed by atoms with Gasteiger partial charge in [-0.3, -0.25) is 9.48 Å². The average molecular weight is 462 g/mol. The molecule has 3 heterocycles. The van der Waals surface area contributed by atoms with Crippen molar-refractivity contribution in [2.75, 3.05) is 17.7 Å². The third kappa shape index (κ3) is 4.67. The highest BCUT2D eigenvalue weighted by molar-refractivity contribution is 6.07. The summed E-state index contributed by atoms with van der Waals surface area (Å²) >= 11 is 0. The number of nitrogens with one attached hydrogen (secondary N) is 2. The lowest BCUT2D eigenvalue weighted by atomic mass is 9.95. The number of aromatic nitrogens is 4. The summed E-state index contributed by atoms with van der Waals surface area (Å²) in [6.45, 7) is 2.78. The SMILES string of the molecule is CCCCn1cc(NC(=O)c2cnn3c2N[C@H](c2ccccc2OC)C[C@H]3C(F)(F)F)cn1. The number of fused-ring (bicyclic) bond motifs is 1. The summed E-state index contributed by atoms with van der Waals surface area (Å²) in [7, 11) is 1.46. The van der Waals surface area contributed by atoms with Gasteiger partial charge in [-0.1, -0.05) is 31.5 Å². The molecule has 0 fully saturated rings. The number of carbonyl (C=O) groups excluding carboxylic acids is 1. The first kappa shape index (κ1) is 22.7. The Balaban J connectivity index is 1.64. The van der Waals surface area contributed by atoms with Gasteiger partial charge in [0.2, 0.25) is 0 Å². The summed E-state index contributed by atoms with van der Waals surface area (Å²) < 4.78 is 49.7. The van der Waals surface area contributed by atoms with E-state index >= 15 is 0 Å². The van der Waals surface area contributed by atoms with Gasteiger partial charge < -0.3 is 15.4 Å². The van der Waals surface area contributed by atoms with Crippen molar-refractivity contribution >= 4 is 17.4 Å². The minimum atomic E-state index is -4.54. The smallest absolute Gasteiger partial charge is 0.410 e. The van der Waals surface area contributed by atoms with Gasteiger partial charge in [-0.15, -0.1) is 0 Å². The van der Waals surface area contributed by atoms with E-state index in [2.05, 4.69) is 27.8 Å². The van der Waals surface area contributed by atoms with Crippen LogP contribution in [0.2, 0.25) is 0 Å². The summed E-state index contributed by atoms with van der Waals surface area (Å²) in [6.07, 6.45) is 1.46. The summed E-state index contributed by atoms with van der Waals surface area (Å²) in [5, 5.41) is 13.9. The van der Waals surface area contributed by atoms with E-state index in [0.717, 1.165) is 23.7 Å². The Morgan fingerprint density at radius 3 is 2.79 bits per heavy atom. The fraction of sp³-hybridized carbons (Fsp3) is 0.409. The molecule has 0 spiro atoms. The molecule has 0 radical (unpaired) electrons. The number of alkyl halides is 3. The Hall–Kier alpha value is -3.50. The van der Waals surface area contributed by atoms with Crippen molar-refractivity contribution in [3.05, 3.63) is 54.0 Å². The first-order valence-electron chi connectivity index (χ1n) is 10.7. The standard InChI is InChI=1S/C22H25F3N6O2/c1-3-4-9-30-13-14(11-26-30)28-21(32)16-12-27-31-19(22(23,24)25)10-17(29-20(16)31)15-7-5-6-8-18(15)33-2/h5-8,11-13,17,19,29H,3-4,9-10H2,1-2H3,(H,28,32)/t17-,19-/m0/s1. The number of carbonyl (C=O) groups is 1. The topological polar surface area (TPSA) is 86.0 Å². The number of para-hydroxylation sites is 1. The fourth-order valence-electron chi connectivity index (χ4n) is 3.96. The van der Waals surface area contributed by atoms with Crippen LogP contribution in [0.3, 0.4) is 0 Å². The lowest BCUT2D eigenvalue weighted by molar-refractivity contribution is -0.173. The molecule has 1 aliphatic rings. The Labute approximate surface area is 188 Å². The first-order chi connectivity index (χ1) is 15.8. The lowest BCUT2D eigenvalue weighted by Crippen LogP contribution is -2.36.